The summed E-state index contributed by atoms with van der Waals surface area (Å²) < 4.78 is 28.8. The van der Waals surface area contributed by atoms with E-state index in [0.717, 1.165) is 74.1 Å². The third kappa shape index (κ3) is 4.64. The summed E-state index contributed by atoms with van der Waals surface area (Å²) in [6, 6.07) is 10.5. The Morgan fingerprint density at radius 3 is 2.69 bits per heavy atom. The lowest BCUT2D eigenvalue weighted by Crippen LogP contribution is -2.49. The number of aromatic amines is 1. The summed E-state index contributed by atoms with van der Waals surface area (Å²) in [5.74, 6) is -1.17. The largest absolute Gasteiger partial charge is 0.368 e. The molecular weight excluding hydrogens is 446 g/mol. The third-order valence-corrected chi connectivity index (χ3v) is 7.27. The molecule has 0 aliphatic carbocycles. The molecule has 2 aromatic carbocycles. The molecule has 2 atom stereocenters. The van der Waals surface area contributed by atoms with Gasteiger partial charge in [-0.2, -0.15) is 5.26 Å². The van der Waals surface area contributed by atoms with Crippen LogP contribution < -0.4 is 15.5 Å². The van der Waals surface area contributed by atoms with E-state index in [1.54, 1.807) is 0 Å². The van der Waals surface area contributed by atoms with Crippen molar-refractivity contribution in [2.24, 2.45) is 0 Å². The second-order valence-corrected chi connectivity index (χ2v) is 9.67. The predicted molar refractivity (Wildman–Crippen MR) is 134 cm³/mol. The van der Waals surface area contributed by atoms with Crippen LogP contribution >= 0.6 is 0 Å². The number of hydrogen-bond donors (Lipinski definition) is 3. The summed E-state index contributed by atoms with van der Waals surface area (Å²) in [7, 11) is 2.11. The minimum Gasteiger partial charge on any atom is -0.368 e. The fourth-order valence-electron chi connectivity index (χ4n) is 5.30. The molecule has 6 nitrogen and oxygen atoms in total. The van der Waals surface area contributed by atoms with Crippen molar-refractivity contribution in [3.05, 3.63) is 64.4 Å². The van der Waals surface area contributed by atoms with Crippen LogP contribution in [0.15, 0.2) is 30.3 Å². The fraction of sp³-hybridized carbons (Fsp3) is 0.444. The maximum atomic E-state index is 14.7. The summed E-state index contributed by atoms with van der Waals surface area (Å²) in [5.41, 5.74) is 4.57. The van der Waals surface area contributed by atoms with Gasteiger partial charge < -0.3 is 20.1 Å². The Balaban J connectivity index is 1.54. The van der Waals surface area contributed by atoms with Gasteiger partial charge in [-0.15, -0.1) is 0 Å². The number of halogens is 2. The van der Waals surface area contributed by atoms with Crippen molar-refractivity contribution in [1.82, 2.24) is 20.5 Å². The van der Waals surface area contributed by atoms with Crippen molar-refractivity contribution in [3.8, 4) is 6.07 Å². The van der Waals surface area contributed by atoms with Crippen LogP contribution in [0.1, 0.15) is 48.2 Å². The average molecular weight is 479 g/mol. The molecule has 0 unspecified atom stereocenters. The Hall–Kier alpha value is -2.99. The minimum atomic E-state index is -0.591. The van der Waals surface area contributed by atoms with Gasteiger partial charge in [-0.1, -0.05) is 19.4 Å². The molecular formula is C27H32F2N6. The Morgan fingerprint density at radius 2 is 1.94 bits per heavy atom. The van der Waals surface area contributed by atoms with Crippen molar-refractivity contribution >= 4 is 16.6 Å². The zero-order chi connectivity index (χ0) is 24.5. The number of aromatic nitrogens is 1. The molecule has 0 saturated carbocycles. The van der Waals surface area contributed by atoms with E-state index in [-0.39, 0.29) is 12.2 Å². The normalized spacial score (nSPS) is 20.7. The lowest BCUT2D eigenvalue weighted by atomic mass is 9.91. The average Bonchev–Trinajstić information content (AvgIpc) is 3.23. The second-order valence-electron chi connectivity index (χ2n) is 9.67. The van der Waals surface area contributed by atoms with Gasteiger partial charge in [-0.05, 0) is 49.3 Å². The van der Waals surface area contributed by atoms with Crippen LogP contribution in [0.2, 0.25) is 0 Å². The first-order valence-corrected chi connectivity index (χ1v) is 12.4. The number of hydrogen-bond acceptors (Lipinski definition) is 5. The quantitative estimate of drug-likeness (QED) is 0.467. The van der Waals surface area contributed by atoms with Crippen molar-refractivity contribution in [1.29, 1.82) is 5.26 Å². The van der Waals surface area contributed by atoms with Gasteiger partial charge in [0.25, 0.3) is 0 Å². The SMILES string of the molecule is CCCCN[C@H]1Cc2c([nH]c3c(F)cc(F)cc23)[C@H](c2ccc(N3CCN(C)CC3)c(C#N)c2)N1. The standard InChI is InChI=1S/C27H32F2N6/c1-3-4-7-31-24-15-21-20-13-19(28)14-22(29)26(20)33-27(21)25(32-24)17-5-6-23(18(12-17)16-30)35-10-8-34(2)9-11-35/h5-6,12-14,24-25,31-33H,3-4,7-11,15H2,1-2H3/t24-,25+/m1/s1. The lowest BCUT2D eigenvalue weighted by Gasteiger charge is -2.35. The van der Waals surface area contributed by atoms with Gasteiger partial charge in [0.15, 0.2) is 0 Å². The summed E-state index contributed by atoms with van der Waals surface area (Å²) in [4.78, 5) is 7.79. The van der Waals surface area contributed by atoms with Gasteiger partial charge >= 0.3 is 0 Å². The van der Waals surface area contributed by atoms with Gasteiger partial charge in [-0.25, -0.2) is 8.78 Å². The smallest absolute Gasteiger partial charge is 0.150 e. The Morgan fingerprint density at radius 1 is 1.14 bits per heavy atom. The topological polar surface area (TPSA) is 70.1 Å². The molecule has 2 aliphatic rings. The van der Waals surface area contributed by atoms with Gasteiger partial charge in [0, 0.05) is 49.7 Å². The van der Waals surface area contributed by atoms with Crippen molar-refractivity contribution < 1.29 is 8.78 Å². The van der Waals surface area contributed by atoms with Gasteiger partial charge in [0.2, 0.25) is 0 Å². The fourth-order valence-corrected chi connectivity index (χ4v) is 5.30. The molecule has 1 aromatic heterocycles. The van der Waals surface area contributed by atoms with Crippen LogP contribution in [-0.2, 0) is 6.42 Å². The van der Waals surface area contributed by atoms with Crippen LogP contribution in [-0.4, -0.2) is 55.8 Å². The Bertz CT molecular complexity index is 1250. The predicted octanol–water partition coefficient (Wildman–Crippen LogP) is 4.02. The number of nitrogens with one attached hydrogen (secondary N) is 3. The zero-order valence-electron chi connectivity index (χ0n) is 20.3. The molecule has 3 N–H and O–H groups in total. The molecule has 35 heavy (non-hydrogen) atoms. The molecule has 5 rings (SSSR count). The molecule has 0 spiro atoms. The summed E-state index contributed by atoms with van der Waals surface area (Å²) in [6.45, 7) is 6.69. The van der Waals surface area contributed by atoms with Crippen LogP contribution in [0.3, 0.4) is 0 Å². The minimum absolute atomic E-state index is 0.0489. The molecule has 3 heterocycles. The number of rotatable bonds is 6. The highest BCUT2D eigenvalue weighted by Crippen LogP contribution is 2.37. The third-order valence-electron chi connectivity index (χ3n) is 7.27. The summed E-state index contributed by atoms with van der Waals surface area (Å²) >= 11 is 0. The zero-order valence-corrected chi connectivity index (χ0v) is 20.3. The van der Waals surface area contributed by atoms with E-state index in [2.05, 4.69) is 45.5 Å². The number of nitrogens with zero attached hydrogens (tertiary/aromatic N) is 3. The number of nitriles is 1. The number of fused-ring (bicyclic) bond motifs is 3. The van der Waals surface area contributed by atoms with E-state index in [0.29, 0.717) is 22.9 Å². The molecule has 1 saturated heterocycles. The van der Waals surface area contributed by atoms with Crippen molar-refractivity contribution in [2.75, 3.05) is 44.7 Å². The first-order chi connectivity index (χ1) is 17.0. The van der Waals surface area contributed by atoms with E-state index < -0.39 is 11.6 Å². The van der Waals surface area contributed by atoms with E-state index in [4.69, 9.17) is 0 Å². The molecule has 2 aliphatic heterocycles. The van der Waals surface area contributed by atoms with Gasteiger partial charge in [0.1, 0.15) is 17.7 Å². The monoisotopic (exact) mass is 478 g/mol. The molecule has 0 radical (unpaired) electrons. The second kappa shape index (κ2) is 9.94. The number of benzene rings is 2. The number of unbranched alkanes of at least 4 members (excludes halogenated alkanes) is 1. The maximum Gasteiger partial charge on any atom is 0.150 e. The van der Waals surface area contributed by atoms with Crippen molar-refractivity contribution in [2.45, 2.75) is 38.4 Å². The van der Waals surface area contributed by atoms with Gasteiger partial charge in [-0.3, -0.25) is 5.32 Å². The summed E-state index contributed by atoms with van der Waals surface area (Å²) in [5, 5.41) is 17.8. The number of H-pyrrole nitrogens is 1. The highest BCUT2D eigenvalue weighted by molar-refractivity contribution is 5.86. The van der Waals surface area contributed by atoms with E-state index >= 15 is 0 Å². The van der Waals surface area contributed by atoms with E-state index in [9.17, 15) is 14.0 Å². The van der Waals surface area contributed by atoms with Crippen LogP contribution in [0, 0.1) is 23.0 Å². The van der Waals surface area contributed by atoms with Crippen LogP contribution in [0.25, 0.3) is 10.9 Å². The Kier molecular flexibility index (Phi) is 6.74. The molecule has 8 heteroatoms. The molecule has 0 bridgehead atoms. The van der Waals surface area contributed by atoms with Crippen molar-refractivity contribution in [3.63, 3.8) is 0 Å². The van der Waals surface area contributed by atoms with E-state index in [1.807, 2.05) is 18.2 Å². The number of anilines is 1. The molecule has 3 aromatic rings. The molecule has 0 amide bonds. The highest BCUT2D eigenvalue weighted by Gasteiger charge is 2.32. The number of piperazine rings is 1. The lowest BCUT2D eigenvalue weighted by molar-refractivity contribution is 0.313. The van der Waals surface area contributed by atoms with Crippen LogP contribution in [0.4, 0.5) is 14.5 Å². The number of likely N-dealkylation sites (N-methyl/N-ethyl adjacent to an activating group) is 1. The summed E-state index contributed by atoms with van der Waals surface area (Å²) in [6.07, 6.45) is 2.69. The first-order valence-electron chi connectivity index (χ1n) is 12.4. The molecule has 1 fully saturated rings. The van der Waals surface area contributed by atoms with Crippen LogP contribution in [0.5, 0.6) is 0 Å². The highest BCUT2D eigenvalue weighted by atomic mass is 19.1. The maximum absolute atomic E-state index is 14.7. The molecule has 184 valence electrons. The van der Waals surface area contributed by atoms with E-state index in [1.165, 1.54) is 6.07 Å². The Labute approximate surface area is 204 Å². The first kappa shape index (κ1) is 23.7. The van der Waals surface area contributed by atoms with Gasteiger partial charge in [0.05, 0.1) is 29.0 Å².